The smallest absolute Gasteiger partial charge is 0.225 e. The Balaban J connectivity index is 1.71. The minimum absolute atomic E-state index is 0.00773. The molecule has 4 heteroatoms. The van der Waals surface area contributed by atoms with E-state index in [1.807, 2.05) is 42.5 Å². The second kappa shape index (κ2) is 6.57. The quantitative estimate of drug-likeness (QED) is 0.542. The molecule has 0 saturated carbocycles. The number of aromatic nitrogens is 1. The molecule has 2 N–H and O–H groups in total. The van der Waals surface area contributed by atoms with Gasteiger partial charge in [-0.3, -0.25) is 4.79 Å². The summed E-state index contributed by atoms with van der Waals surface area (Å²) in [6.45, 7) is 0.765. The number of hydrogen-bond acceptors (Lipinski definition) is 2. The molecular weight excluding hydrogens is 348 g/mol. The van der Waals surface area contributed by atoms with Crippen LogP contribution >= 0.6 is 0 Å². The van der Waals surface area contributed by atoms with Gasteiger partial charge in [-0.15, -0.1) is 0 Å². The summed E-state index contributed by atoms with van der Waals surface area (Å²) in [5, 5.41) is 14.1. The van der Waals surface area contributed by atoms with Gasteiger partial charge in [0.25, 0.3) is 0 Å². The third-order valence-electron chi connectivity index (χ3n) is 5.44. The highest BCUT2D eigenvalue weighted by Gasteiger charge is 2.28. The van der Waals surface area contributed by atoms with Crippen molar-refractivity contribution in [2.75, 3.05) is 5.32 Å². The van der Waals surface area contributed by atoms with E-state index in [1.54, 1.807) is 12.1 Å². The number of amides is 1. The van der Waals surface area contributed by atoms with Gasteiger partial charge in [0.2, 0.25) is 5.91 Å². The summed E-state index contributed by atoms with van der Waals surface area (Å²) in [6, 6.07) is 23.6. The minimum atomic E-state index is -0.102. The van der Waals surface area contributed by atoms with Crippen LogP contribution in [0.5, 0.6) is 5.75 Å². The van der Waals surface area contributed by atoms with E-state index in [0.717, 1.165) is 34.3 Å². The van der Waals surface area contributed by atoms with Crippen LogP contribution in [0.15, 0.2) is 79.0 Å². The number of carbonyl (C=O) groups excluding carboxylic acids is 1. The minimum Gasteiger partial charge on any atom is -0.508 e. The normalized spacial score (nSPS) is 16.0. The molecule has 1 aliphatic rings. The molecule has 4 nitrogen and oxygen atoms in total. The Kier molecular flexibility index (Phi) is 3.90. The van der Waals surface area contributed by atoms with Crippen LogP contribution in [-0.4, -0.2) is 15.6 Å². The summed E-state index contributed by atoms with van der Waals surface area (Å²) in [4.78, 5) is 12.6. The molecule has 1 aromatic heterocycles. The van der Waals surface area contributed by atoms with Crippen molar-refractivity contribution in [3.8, 4) is 5.75 Å². The molecular formula is C24H20N2O2. The van der Waals surface area contributed by atoms with Crippen LogP contribution in [0.3, 0.4) is 0 Å². The molecule has 1 aliphatic heterocycles. The summed E-state index contributed by atoms with van der Waals surface area (Å²) in [5.41, 5.74) is 5.25. The standard InChI is InChI=1S/C24H20N2O2/c27-18-9-4-8-17(12-18)19-13-23(28)25-21-10-5-11-22-24(21)20(19)15-26(22)14-16-6-2-1-3-7-16/h1-12,15,19,27H,13-14H2,(H,25,28). The van der Waals surface area contributed by atoms with Gasteiger partial charge in [-0.1, -0.05) is 48.5 Å². The van der Waals surface area contributed by atoms with Gasteiger partial charge in [-0.2, -0.15) is 0 Å². The maximum Gasteiger partial charge on any atom is 0.225 e. The average molecular weight is 368 g/mol. The number of phenols is 1. The fourth-order valence-electron chi connectivity index (χ4n) is 4.20. The third-order valence-corrected chi connectivity index (χ3v) is 5.44. The molecule has 1 amide bonds. The van der Waals surface area contributed by atoms with Gasteiger partial charge >= 0.3 is 0 Å². The van der Waals surface area contributed by atoms with Gasteiger partial charge in [-0.25, -0.2) is 0 Å². The lowest BCUT2D eigenvalue weighted by atomic mass is 9.88. The molecule has 28 heavy (non-hydrogen) atoms. The first-order valence-electron chi connectivity index (χ1n) is 9.43. The summed E-state index contributed by atoms with van der Waals surface area (Å²) in [6.07, 6.45) is 2.51. The molecule has 0 saturated heterocycles. The van der Waals surface area contributed by atoms with Gasteiger partial charge in [0.1, 0.15) is 5.75 Å². The lowest BCUT2D eigenvalue weighted by molar-refractivity contribution is -0.116. The number of benzene rings is 3. The fraction of sp³-hybridized carbons (Fsp3) is 0.125. The predicted molar refractivity (Wildman–Crippen MR) is 111 cm³/mol. The first-order valence-corrected chi connectivity index (χ1v) is 9.43. The summed E-state index contributed by atoms with van der Waals surface area (Å²) in [5.74, 6) is 0.109. The number of phenolic OH excluding ortho intramolecular Hbond substituents is 1. The summed E-state index contributed by atoms with van der Waals surface area (Å²) >= 11 is 0. The number of aromatic hydroxyl groups is 1. The molecule has 138 valence electrons. The lowest BCUT2D eigenvalue weighted by Gasteiger charge is -2.14. The van der Waals surface area contributed by atoms with Crippen molar-refractivity contribution in [2.45, 2.75) is 18.9 Å². The van der Waals surface area contributed by atoms with E-state index in [2.05, 4.69) is 34.3 Å². The van der Waals surface area contributed by atoms with E-state index in [1.165, 1.54) is 5.56 Å². The Bertz CT molecular complexity index is 1180. The van der Waals surface area contributed by atoms with Crippen molar-refractivity contribution < 1.29 is 9.90 Å². The Morgan fingerprint density at radius 3 is 2.64 bits per heavy atom. The van der Waals surface area contributed by atoms with Crippen molar-refractivity contribution in [2.24, 2.45) is 0 Å². The molecule has 1 atom stereocenters. The van der Waals surface area contributed by atoms with E-state index in [0.29, 0.717) is 6.42 Å². The monoisotopic (exact) mass is 368 g/mol. The van der Waals surface area contributed by atoms with Crippen LogP contribution in [-0.2, 0) is 11.3 Å². The van der Waals surface area contributed by atoms with Crippen LogP contribution in [0.1, 0.15) is 29.0 Å². The Morgan fingerprint density at radius 2 is 1.82 bits per heavy atom. The van der Waals surface area contributed by atoms with Crippen molar-refractivity contribution in [3.63, 3.8) is 0 Å². The molecule has 5 rings (SSSR count). The summed E-state index contributed by atoms with van der Waals surface area (Å²) < 4.78 is 2.25. The van der Waals surface area contributed by atoms with Gasteiger partial charge in [0, 0.05) is 30.5 Å². The van der Waals surface area contributed by atoms with E-state index in [-0.39, 0.29) is 17.6 Å². The molecule has 2 heterocycles. The van der Waals surface area contributed by atoms with Crippen molar-refractivity contribution in [1.82, 2.24) is 4.57 Å². The molecule has 1 unspecified atom stereocenters. The van der Waals surface area contributed by atoms with Gasteiger partial charge in [-0.05, 0) is 41.0 Å². The highest BCUT2D eigenvalue weighted by Crippen LogP contribution is 2.41. The number of nitrogens with zero attached hydrogens (tertiary/aromatic N) is 1. The van der Waals surface area contributed by atoms with Crippen LogP contribution in [0.25, 0.3) is 10.9 Å². The van der Waals surface area contributed by atoms with Crippen molar-refractivity contribution >= 4 is 22.5 Å². The van der Waals surface area contributed by atoms with E-state index in [4.69, 9.17) is 0 Å². The molecule has 0 fully saturated rings. The molecule has 4 aromatic rings. The molecule has 0 spiro atoms. The van der Waals surface area contributed by atoms with E-state index < -0.39 is 0 Å². The molecule has 0 bridgehead atoms. The first-order chi connectivity index (χ1) is 13.7. The van der Waals surface area contributed by atoms with Gasteiger partial charge < -0.3 is 15.0 Å². The Labute approximate surface area is 163 Å². The third kappa shape index (κ3) is 2.83. The number of anilines is 1. The van der Waals surface area contributed by atoms with Crippen LogP contribution in [0, 0.1) is 0 Å². The zero-order valence-corrected chi connectivity index (χ0v) is 15.3. The average Bonchev–Trinajstić information content (AvgIpc) is 2.98. The highest BCUT2D eigenvalue weighted by molar-refractivity contribution is 6.06. The first kappa shape index (κ1) is 16.6. The van der Waals surface area contributed by atoms with E-state index >= 15 is 0 Å². The second-order valence-corrected chi connectivity index (χ2v) is 7.30. The second-order valence-electron chi connectivity index (χ2n) is 7.30. The van der Waals surface area contributed by atoms with Crippen LogP contribution in [0.4, 0.5) is 5.69 Å². The SMILES string of the molecule is O=C1CC(c2cccc(O)c2)c2cn(Cc3ccccc3)c3cccc(c23)N1. The number of rotatable bonds is 3. The molecule has 0 radical (unpaired) electrons. The van der Waals surface area contributed by atoms with E-state index in [9.17, 15) is 9.90 Å². The van der Waals surface area contributed by atoms with Crippen LogP contribution < -0.4 is 5.32 Å². The number of nitrogens with one attached hydrogen (secondary N) is 1. The van der Waals surface area contributed by atoms with Crippen molar-refractivity contribution in [1.29, 1.82) is 0 Å². The zero-order valence-electron chi connectivity index (χ0n) is 15.3. The molecule has 3 aromatic carbocycles. The molecule has 0 aliphatic carbocycles. The Hall–Kier alpha value is -3.53. The highest BCUT2D eigenvalue weighted by atomic mass is 16.3. The number of carbonyl (C=O) groups is 1. The fourth-order valence-corrected chi connectivity index (χ4v) is 4.20. The number of hydrogen-bond donors (Lipinski definition) is 2. The van der Waals surface area contributed by atoms with Crippen molar-refractivity contribution in [3.05, 3.63) is 95.7 Å². The Morgan fingerprint density at radius 1 is 1.00 bits per heavy atom. The maximum absolute atomic E-state index is 12.6. The van der Waals surface area contributed by atoms with Crippen LogP contribution in [0.2, 0.25) is 0 Å². The predicted octanol–water partition coefficient (Wildman–Crippen LogP) is 4.87. The van der Waals surface area contributed by atoms with Gasteiger partial charge in [0.15, 0.2) is 0 Å². The summed E-state index contributed by atoms with van der Waals surface area (Å²) in [7, 11) is 0. The largest absolute Gasteiger partial charge is 0.508 e. The topological polar surface area (TPSA) is 54.3 Å². The van der Waals surface area contributed by atoms with Gasteiger partial charge in [0.05, 0.1) is 11.2 Å². The zero-order chi connectivity index (χ0) is 19.1. The lowest BCUT2D eigenvalue weighted by Crippen LogP contribution is -2.13. The maximum atomic E-state index is 12.6.